The average molecular weight is 316 g/mol. The van der Waals surface area contributed by atoms with Crippen LogP contribution in [0.4, 0.5) is 0 Å². The number of hydrogen-bond acceptors (Lipinski definition) is 3. The quantitative estimate of drug-likeness (QED) is 0.908. The molecule has 126 valence electrons. The predicted octanol–water partition coefficient (Wildman–Crippen LogP) is 2.62. The summed E-state index contributed by atoms with van der Waals surface area (Å²) in [6.07, 6.45) is 6.23. The number of carbonyl (C=O) groups excluding carboxylic acids is 1. The maximum Gasteiger partial charge on any atom is 0.222 e. The number of piperidine rings is 1. The van der Waals surface area contributed by atoms with E-state index in [9.17, 15) is 4.79 Å². The molecule has 1 amide bonds. The molecule has 0 aliphatic carbocycles. The number of aryl methyl sites for hydroxylation is 1. The summed E-state index contributed by atoms with van der Waals surface area (Å²) in [4.78, 5) is 14.5. The number of methoxy groups -OCH3 is 1. The highest BCUT2D eigenvalue weighted by Crippen LogP contribution is 2.36. The largest absolute Gasteiger partial charge is 0.497 e. The molecule has 1 aromatic rings. The minimum Gasteiger partial charge on any atom is -0.497 e. The second-order valence-corrected chi connectivity index (χ2v) is 7.05. The van der Waals surface area contributed by atoms with Gasteiger partial charge in [0.05, 0.1) is 7.11 Å². The van der Waals surface area contributed by atoms with E-state index in [0.29, 0.717) is 17.7 Å². The molecule has 2 aliphatic heterocycles. The standard InChI is InChI=1S/C19H28N2O2/c1-23-17-8-6-16(7-9-17)4-2-5-18(22)21-13-11-19(15-21)10-3-12-20-14-19/h6-9,20H,2-5,10-15H2,1H3/t19-/m1/s1. The van der Waals surface area contributed by atoms with E-state index in [1.54, 1.807) is 7.11 Å². The van der Waals surface area contributed by atoms with Gasteiger partial charge in [-0.2, -0.15) is 0 Å². The topological polar surface area (TPSA) is 41.6 Å². The molecule has 3 rings (SSSR count). The lowest BCUT2D eigenvalue weighted by Crippen LogP contribution is -2.42. The highest BCUT2D eigenvalue weighted by Gasteiger charge is 2.40. The van der Waals surface area contributed by atoms with Crippen LogP contribution < -0.4 is 10.1 Å². The molecule has 1 aromatic carbocycles. The Kier molecular flexibility index (Phi) is 5.21. The molecular formula is C19H28N2O2. The van der Waals surface area contributed by atoms with Crippen molar-refractivity contribution in [1.82, 2.24) is 10.2 Å². The number of rotatable bonds is 5. The second-order valence-electron chi connectivity index (χ2n) is 7.05. The zero-order chi connectivity index (χ0) is 16.1. The zero-order valence-corrected chi connectivity index (χ0v) is 14.1. The summed E-state index contributed by atoms with van der Waals surface area (Å²) in [6, 6.07) is 8.14. The van der Waals surface area contributed by atoms with Crippen molar-refractivity contribution in [3.63, 3.8) is 0 Å². The number of nitrogens with zero attached hydrogens (tertiary/aromatic N) is 1. The first kappa shape index (κ1) is 16.3. The lowest BCUT2D eigenvalue weighted by atomic mass is 9.80. The minimum atomic E-state index is 0.334. The summed E-state index contributed by atoms with van der Waals surface area (Å²) in [5.41, 5.74) is 1.64. The molecule has 0 radical (unpaired) electrons. The van der Waals surface area contributed by atoms with E-state index in [0.717, 1.165) is 44.8 Å². The van der Waals surface area contributed by atoms with Crippen LogP contribution in [0.3, 0.4) is 0 Å². The van der Waals surface area contributed by atoms with Gasteiger partial charge in [-0.25, -0.2) is 0 Å². The van der Waals surface area contributed by atoms with Gasteiger partial charge in [0, 0.05) is 31.5 Å². The van der Waals surface area contributed by atoms with Crippen molar-refractivity contribution in [3.05, 3.63) is 29.8 Å². The lowest BCUT2D eigenvalue weighted by molar-refractivity contribution is -0.130. The van der Waals surface area contributed by atoms with Crippen LogP contribution >= 0.6 is 0 Å². The maximum atomic E-state index is 12.4. The summed E-state index contributed by atoms with van der Waals surface area (Å²) < 4.78 is 5.17. The summed E-state index contributed by atoms with van der Waals surface area (Å²) in [5.74, 6) is 1.22. The molecule has 0 saturated carbocycles. The van der Waals surface area contributed by atoms with E-state index in [-0.39, 0.29) is 0 Å². The Bertz CT molecular complexity index is 521. The molecular weight excluding hydrogens is 288 g/mol. The number of amides is 1. The third-order valence-corrected chi connectivity index (χ3v) is 5.37. The first-order valence-electron chi connectivity index (χ1n) is 8.82. The highest BCUT2D eigenvalue weighted by atomic mass is 16.5. The fourth-order valence-corrected chi connectivity index (χ4v) is 3.92. The maximum absolute atomic E-state index is 12.4. The van der Waals surface area contributed by atoms with Gasteiger partial charge < -0.3 is 15.0 Å². The number of nitrogens with one attached hydrogen (secondary N) is 1. The van der Waals surface area contributed by atoms with E-state index in [1.165, 1.54) is 24.8 Å². The Morgan fingerprint density at radius 1 is 1.30 bits per heavy atom. The smallest absolute Gasteiger partial charge is 0.222 e. The van der Waals surface area contributed by atoms with Gasteiger partial charge in [0.2, 0.25) is 5.91 Å². The van der Waals surface area contributed by atoms with E-state index in [4.69, 9.17) is 4.74 Å². The van der Waals surface area contributed by atoms with E-state index < -0.39 is 0 Å². The number of hydrogen-bond donors (Lipinski definition) is 1. The van der Waals surface area contributed by atoms with Crippen LogP contribution in [0.25, 0.3) is 0 Å². The molecule has 2 fully saturated rings. The van der Waals surface area contributed by atoms with Gasteiger partial charge in [-0.05, 0) is 56.3 Å². The molecule has 0 aromatic heterocycles. The van der Waals surface area contributed by atoms with Gasteiger partial charge in [0.15, 0.2) is 0 Å². The van der Waals surface area contributed by atoms with Crippen molar-refractivity contribution < 1.29 is 9.53 Å². The fraction of sp³-hybridized carbons (Fsp3) is 0.632. The van der Waals surface area contributed by atoms with Crippen LogP contribution in [0.2, 0.25) is 0 Å². The van der Waals surface area contributed by atoms with Crippen molar-refractivity contribution in [2.75, 3.05) is 33.3 Å². The molecule has 2 saturated heterocycles. The minimum absolute atomic E-state index is 0.334. The van der Waals surface area contributed by atoms with Gasteiger partial charge in [0.1, 0.15) is 5.75 Å². The van der Waals surface area contributed by atoms with Gasteiger partial charge in [-0.15, -0.1) is 0 Å². The summed E-state index contributed by atoms with van der Waals surface area (Å²) in [5, 5.41) is 3.50. The number of ether oxygens (including phenoxy) is 1. The van der Waals surface area contributed by atoms with Crippen LogP contribution in [0, 0.1) is 5.41 Å². The molecule has 4 nitrogen and oxygen atoms in total. The molecule has 1 atom stereocenters. The Hall–Kier alpha value is -1.55. The third-order valence-electron chi connectivity index (χ3n) is 5.37. The molecule has 23 heavy (non-hydrogen) atoms. The highest BCUT2D eigenvalue weighted by molar-refractivity contribution is 5.76. The van der Waals surface area contributed by atoms with E-state index in [1.807, 2.05) is 12.1 Å². The van der Waals surface area contributed by atoms with Crippen molar-refractivity contribution in [2.45, 2.75) is 38.5 Å². The van der Waals surface area contributed by atoms with Crippen LogP contribution in [-0.4, -0.2) is 44.1 Å². The number of carbonyl (C=O) groups is 1. The second kappa shape index (κ2) is 7.35. The first-order valence-corrected chi connectivity index (χ1v) is 8.82. The van der Waals surface area contributed by atoms with E-state index in [2.05, 4.69) is 22.3 Å². The van der Waals surface area contributed by atoms with Crippen molar-refractivity contribution in [3.8, 4) is 5.75 Å². The summed E-state index contributed by atoms with van der Waals surface area (Å²) >= 11 is 0. The van der Waals surface area contributed by atoms with Crippen molar-refractivity contribution in [1.29, 1.82) is 0 Å². The monoisotopic (exact) mass is 316 g/mol. The first-order chi connectivity index (χ1) is 11.2. The summed E-state index contributed by atoms with van der Waals surface area (Å²) in [6.45, 7) is 4.13. The van der Waals surface area contributed by atoms with Gasteiger partial charge in [0.25, 0.3) is 0 Å². The van der Waals surface area contributed by atoms with Crippen molar-refractivity contribution >= 4 is 5.91 Å². The third kappa shape index (κ3) is 4.05. The normalized spacial score (nSPS) is 24.1. The van der Waals surface area contributed by atoms with Crippen LogP contribution in [-0.2, 0) is 11.2 Å². The predicted molar refractivity (Wildman–Crippen MR) is 91.7 cm³/mol. The summed E-state index contributed by atoms with van der Waals surface area (Å²) in [7, 11) is 1.68. The van der Waals surface area contributed by atoms with Crippen molar-refractivity contribution in [2.24, 2.45) is 5.41 Å². The lowest BCUT2D eigenvalue weighted by Gasteiger charge is -2.33. The van der Waals surface area contributed by atoms with Crippen LogP contribution in [0.1, 0.15) is 37.7 Å². The molecule has 1 N–H and O–H groups in total. The molecule has 2 heterocycles. The average Bonchev–Trinajstić information content (AvgIpc) is 2.99. The Balaban J connectivity index is 1.42. The molecule has 0 unspecified atom stereocenters. The number of benzene rings is 1. The fourth-order valence-electron chi connectivity index (χ4n) is 3.92. The Labute approximate surface area is 139 Å². The SMILES string of the molecule is COc1ccc(CCCC(=O)N2CC[C@@]3(CCCNC3)C2)cc1. The van der Waals surface area contributed by atoms with Crippen LogP contribution in [0.5, 0.6) is 5.75 Å². The van der Waals surface area contributed by atoms with Crippen LogP contribution in [0.15, 0.2) is 24.3 Å². The Morgan fingerprint density at radius 2 is 2.13 bits per heavy atom. The molecule has 2 aliphatic rings. The molecule has 0 bridgehead atoms. The van der Waals surface area contributed by atoms with Gasteiger partial charge in [-0.1, -0.05) is 12.1 Å². The molecule has 4 heteroatoms. The zero-order valence-electron chi connectivity index (χ0n) is 14.1. The van der Waals surface area contributed by atoms with Gasteiger partial charge >= 0.3 is 0 Å². The number of likely N-dealkylation sites (tertiary alicyclic amines) is 1. The molecule has 1 spiro atoms. The van der Waals surface area contributed by atoms with Gasteiger partial charge in [-0.3, -0.25) is 4.79 Å². The van der Waals surface area contributed by atoms with E-state index >= 15 is 0 Å². The Morgan fingerprint density at radius 3 is 2.83 bits per heavy atom.